The third-order valence-electron chi connectivity index (χ3n) is 1.71. The maximum Gasteiger partial charge on any atom is 0.472 e. The van der Waals surface area contributed by atoms with Gasteiger partial charge in [-0.15, -0.1) is 0 Å². The normalized spacial score (nSPS) is 11.5. The molecule has 0 bridgehead atoms. The molecule has 0 spiro atoms. The van der Waals surface area contributed by atoms with Crippen LogP contribution in [-0.4, -0.2) is 31.7 Å². The molecule has 0 aliphatic heterocycles. The standard InChI is InChI=1S/C7H5F3N6O/c8-7(9,10)5(17)15-14-4-1-2-16-6(13-4)11-3-12-16/h1-3H,(H,15,17)(H,11,12,13,14). The lowest BCUT2D eigenvalue weighted by molar-refractivity contribution is -0.173. The molecule has 0 aliphatic rings. The molecule has 0 aromatic carbocycles. The quantitative estimate of drug-likeness (QED) is 0.736. The molecule has 7 nitrogen and oxygen atoms in total. The van der Waals surface area contributed by atoms with Crippen molar-refractivity contribution < 1.29 is 18.0 Å². The predicted octanol–water partition coefficient (Wildman–Crippen LogP) is 0.130. The summed E-state index contributed by atoms with van der Waals surface area (Å²) in [4.78, 5) is 18.0. The first-order valence-electron chi connectivity index (χ1n) is 4.26. The number of anilines is 1. The van der Waals surface area contributed by atoms with Crippen LogP contribution in [0.3, 0.4) is 0 Å². The van der Waals surface area contributed by atoms with Crippen molar-refractivity contribution in [1.82, 2.24) is 25.0 Å². The smallest absolute Gasteiger partial charge is 0.281 e. The van der Waals surface area contributed by atoms with Gasteiger partial charge < -0.3 is 0 Å². The number of nitrogens with zero attached hydrogens (tertiary/aromatic N) is 4. The third kappa shape index (κ3) is 2.41. The Labute approximate surface area is 91.6 Å². The molecule has 1 amide bonds. The van der Waals surface area contributed by atoms with Gasteiger partial charge in [0.05, 0.1) is 0 Å². The van der Waals surface area contributed by atoms with Crippen LogP contribution in [-0.2, 0) is 4.79 Å². The number of aromatic nitrogens is 4. The number of hydrogen-bond acceptors (Lipinski definition) is 5. The van der Waals surface area contributed by atoms with Gasteiger partial charge in [0.25, 0.3) is 5.78 Å². The molecule has 0 fully saturated rings. The number of hydrazine groups is 1. The van der Waals surface area contributed by atoms with Crippen molar-refractivity contribution in [3.63, 3.8) is 0 Å². The minimum absolute atomic E-state index is 0.0168. The van der Waals surface area contributed by atoms with Crippen LogP contribution < -0.4 is 10.9 Å². The Hall–Kier alpha value is -2.39. The average molecular weight is 246 g/mol. The zero-order valence-corrected chi connectivity index (χ0v) is 8.06. The molecule has 0 atom stereocenters. The molecule has 2 heterocycles. The van der Waals surface area contributed by atoms with Crippen molar-refractivity contribution >= 4 is 17.5 Å². The van der Waals surface area contributed by atoms with Crippen molar-refractivity contribution in [2.45, 2.75) is 6.18 Å². The highest BCUT2D eigenvalue weighted by molar-refractivity contribution is 5.82. The Morgan fingerprint density at radius 3 is 2.88 bits per heavy atom. The molecule has 2 N–H and O–H groups in total. The highest BCUT2D eigenvalue weighted by Crippen LogP contribution is 2.14. The number of hydrogen-bond donors (Lipinski definition) is 2. The minimum atomic E-state index is -4.95. The minimum Gasteiger partial charge on any atom is -0.281 e. The van der Waals surface area contributed by atoms with Crippen molar-refractivity contribution in [2.24, 2.45) is 0 Å². The molecular weight excluding hydrogens is 241 g/mol. The van der Waals surface area contributed by atoms with Crippen molar-refractivity contribution in [3.8, 4) is 0 Å². The van der Waals surface area contributed by atoms with Gasteiger partial charge in [-0.1, -0.05) is 0 Å². The second-order valence-corrected chi connectivity index (χ2v) is 2.89. The molecule has 0 saturated heterocycles. The van der Waals surface area contributed by atoms with Crippen LogP contribution in [0.25, 0.3) is 5.78 Å². The fraction of sp³-hybridized carbons (Fsp3) is 0.143. The van der Waals surface area contributed by atoms with Crippen LogP contribution in [0.5, 0.6) is 0 Å². The fourth-order valence-electron chi connectivity index (χ4n) is 0.977. The monoisotopic (exact) mass is 246 g/mol. The van der Waals surface area contributed by atoms with Gasteiger partial charge in [0, 0.05) is 12.3 Å². The van der Waals surface area contributed by atoms with Gasteiger partial charge in [-0.3, -0.25) is 15.6 Å². The molecule has 0 saturated carbocycles. The number of carbonyl (C=O) groups excluding carboxylic acids is 1. The second kappa shape index (κ2) is 3.88. The van der Waals surface area contributed by atoms with Gasteiger partial charge in [-0.2, -0.15) is 28.2 Å². The first-order valence-corrected chi connectivity index (χ1v) is 4.26. The second-order valence-electron chi connectivity index (χ2n) is 2.89. The van der Waals surface area contributed by atoms with Gasteiger partial charge >= 0.3 is 12.1 Å². The van der Waals surface area contributed by atoms with Gasteiger partial charge in [0.2, 0.25) is 0 Å². The Bertz CT molecular complexity index is 550. The average Bonchev–Trinajstić information content (AvgIpc) is 2.71. The molecule has 2 aromatic heterocycles. The summed E-state index contributed by atoms with van der Waals surface area (Å²) in [6.07, 6.45) is -2.29. The molecular formula is C7H5F3N6O. The number of fused-ring (bicyclic) bond motifs is 1. The summed E-state index contributed by atoms with van der Waals surface area (Å²) in [5.74, 6) is -1.90. The largest absolute Gasteiger partial charge is 0.472 e. The molecule has 17 heavy (non-hydrogen) atoms. The lowest BCUT2D eigenvalue weighted by Gasteiger charge is -2.09. The van der Waals surface area contributed by atoms with Crippen molar-refractivity contribution in [3.05, 3.63) is 18.6 Å². The van der Waals surface area contributed by atoms with E-state index >= 15 is 0 Å². The summed E-state index contributed by atoms with van der Waals surface area (Å²) in [5.41, 5.74) is 3.48. The zero-order chi connectivity index (χ0) is 12.5. The molecule has 0 radical (unpaired) electrons. The summed E-state index contributed by atoms with van der Waals surface area (Å²) in [6, 6.07) is 1.33. The van der Waals surface area contributed by atoms with Crippen LogP contribution >= 0.6 is 0 Å². The Morgan fingerprint density at radius 1 is 1.41 bits per heavy atom. The van der Waals surface area contributed by atoms with Crippen LogP contribution in [0.15, 0.2) is 18.6 Å². The molecule has 0 aliphatic carbocycles. The maximum atomic E-state index is 11.9. The molecule has 10 heteroatoms. The number of amides is 1. The highest BCUT2D eigenvalue weighted by Gasteiger charge is 2.38. The lowest BCUT2D eigenvalue weighted by atomic mass is 10.6. The van der Waals surface area contributed by atoms with E-state index in [1.165, 1.54) is 28.5 Å². The van der Waals surface area contributed by atoms with Crippen LogP contribution in [0, 0.1) is 0 Å². The van der Waals surface area contributed by atoms with E-state index in [1.807, 2.05) is 5.43 Å². The molecule has 0 unspecified atom stereocenters. The van der Waals surface area contributed by atoms with Crippen LogP contribution in [0.2, 0.25) is 0 Å². The molecule has 90 valence electrons. The Balaban J connectivity index is 2.06. The van der Waals surface area contributed by atoms with Gasteiger partial charge in [0.15, 0.2) is 0 Å². The summed E-state index contributed by atoms with van der Waals surface area (Å²) in [5, 5.41) is 3.74. The predicted molar refractivity (Wildman–Crippen MR) is 48.6 cm³/mol. The summed E-state index contributed by atoms with van der Waals surface area (Å²) < 4.78 is 36.9. The Kier molecular flexibility index (Phi) is 2.54. The van der Waals surface area contributed by atoms with Gasteiger partial charge in [0.1, 0.15) is 12.1 Å². The maximum absolute atomic E-state index is 11.9. The summed E-state index contributed by atoms with van der Waals surface area (Å²) in [7, 11) is 0. The number of nitrogens with one attached hydrogen (secondary N) is 2. The van der Waals surface area contributed by atoms with E-state index in [4.69, 9.17) is 0 Å². The van der Waals surface area contributed by atoms with Gasteiger partial charge in [-0.25, -0.2) is 4.52 Å². The topological polar surface area (TPSA) is 84.2 Å². The first kappa shape index (κ1) is 11.1. The van der Waals surface area contributed by atoms with E-state index in [1.54, 1.807) is 0 Å². The van der Waals surface area contributed by atoms with Crippen molar-refractivity contribution in [1.29, 1.82) is 0 Å². The molecule has 2 rings (SSSR count). The summed E-state index contributed by atoms with van der Waals surface area (Å²) in [6.45, 7) is 0. The number of alkyl halides is 3. The number of halogens is 3. The lowest BCUT2D eigenvalue weighted by Crippen LogP contribution is -2.40. The highest BCUT2D eigenvalue weighted by atomic mass is 19.4. The fourth-order valence-corrected chi connectivity index (χ4v) is 0.977. The Morgan fingerprint density at radius 2 is 2.18 bits per heavy atom. The van der Waals surface area contributed by atoms with Crippen LogP contribution in [0.4, 0.5) is 19.0 Å². The molecule has 2 aromatic rings. The zero-order valence-electron chi connectivity index (χ0n) is 8.06. The van der Waals surface area contributed by atoms with E-state index in [2.05, 4.69) is 15.1 Å². The first-order chi connectivity index (χ1) is 7.97. The van der Waals surface area contributed by atoms with E-state index in [9.17, 15) is 18.0 Å². The summed E-state index contributed by atoms with van der Waals surface area (Å²) >= 11 is 0. The number of rotatable bonds is 2. The van der Waals surface area contributed by atoms with E-state index in [-0.39, 0.29) is 11.6 Å². The number of carbonyl (C=O) groups is 1. The SMILES string of the molecule is O=C(NNc1ccn2ncnc2n1)C(F)(F)F. The van der Waals surface area contributed by atoms with Crippen molar-refractivity contribution in [2.75, 3.05) is 5.43 Å². The van der Waals surface area contributed by atoms with E-state index in [0.29, 0.717) is 0 Å². The van der Waals surface area contributed by atoms with E-state index in [0.717, 1.165) is 0 Å². The third-order valence-corrected chi connectivity index (χ3v) is 1.71. The van der Waals surface area contributed by atoms with Gasteiger partial charge in [-0.05, 0) is 0 Å². The van der Waals surface area contributed by atoms with E-state index < -0.39 is 12.1 Å². The van der Waals surface area contributed by atoms with Crippen LogP contribution in [0.1, 0.15) is 0 Å².